The molecule has 0 unspecified atom stereocenters. The molecule has 0 atom stereocenters. The lowest BCUT2D eigenvalue weighted by atomic mass is 9.92. The summed E-state index contributed by atoms with van der Waals surface area (Å²) in [5, 5.41) is 18.2. The molecule has 2 nitrogen and oxygen atoms in total. The number of hydrogen-bond donors (Lipinski definition) is 0. The lowest BCUT2D eigenvalue weighted by Gasteiger charge is -2.11. The Kier molecular flexibility index (Phi) is 10.7. The van der Waals surface area contributed by atoms with Gasteiger partial charge in [0.1, 0.15) is 0 Å². The molecule has 0 aromatic heterocycles. The van der Waals surface area contributed by atoms with E-state index in [9.17, 15) is 5.26 Å². The van der Waals surface area contributed by atoms with E-state index in [1.165, 1.54) is 47.9 Å². The molecule has 0 saturated heterocycles. The number of benzene rings is 6. The molecular formula is C43H36N2. The van der Waals surface area contributed by atoms with E-state index >= 15 is 0 Å². The molecule has 0 bridgehead atoms. The molecule has 0 aliphatic rings. The minimum Gasteiger partial charge on any atom is -0.192 e. The second-order valence-corrected chi connectivity index (χ2v) is 11.0. The predicted octanol–water partition coefficient (Wildman–Crippen LogP) is 11.5. The van der Waals surface area contributed by atoms with Crippen LogP contribution in [0, 0.1) is 22.7 Å². The average molecular weight is 581 g/mol. The first kappa shape index (κ1) is 30.7. The van der Waals surface area contributed by atoms with E-state index in [1.807, 2.05) is 78.9 Å². The van der Waals surface area contributed by atoms with Gasteiger partial charge < -0.3 is 0 Å². The zero-order chi connectivity index (χ0) is 31.3. The Morgan fingerprint density at radius 2 is 0.911 bits per heavy atom. The molecule has 6 aromatic carbocycles. The van der Waals surface area contributed by atoms with Gasteiger partial charge in [-0.1, -0.05) is 153 Å². The van der Waals surface area contributed by atoms with Crippen LogP contribution in [0.5, 0.6) is 0 Å². The Hall–Kier alpha value is -5.70. The number of nitrogens with zero attached hydrogens (tertiary/aromatic N) is 2. The van der Waals surface area contributed by atoms with Crippen LogP contribution in [0.3, 0.4) is 0 Å². The second-order valence-electron chi connectivity index (χ2n) is 11.0. The highest BCUT2D eigenvalue weighted by Gasteiger charge is 2.10. The molecule has 45 heavy (non-hydrogen) atoms. The Morgan fingerprint density at radius 3 is 1.47 bits per heavy atom. The van der Waals surface area contributed by atoms with Crippen LogP contribution in [0.4, 0.5) is 0 Å². The fourth-order valence-corrected chi connectivity index (χ4v) is 5.44. The maximum Gasteiger partial charge on any atom is 0.0998 e. The van der Waals surface area contributed by atoms with Crippen molar-refractivity contribution in [1.82, 2.24) is 0 Å². The summed E-state index contributed by atoms with van der Waals surface area (Å²) in [5.74, 6) is 0. The van der Waals surface area contributed by atoms with E-state index in [4.69, 9.17) is 5.26 Å². The molecule has 218 valence electrons. The quantitative estimate of drug-likeness (QED) is 0.168. The molecule has 6 rings (SSSR count). The van der Waals surface area contributed by atoms with Crippen LogP contribution < -0.4 is 0 Å². The molecule has 0 amide bonds. The van der Waals surface area contributed by atoms with Gasteiger partial charge in [0.25, 0.3) is 0 Å². The maximum atomic E-state index is 9.29. The van der Waals surface area contributed by atoms with Gasteiger partial charge in [0.15, 0.2) is 0 Å². The number of aryl methyl sites for hydroxylation is 1. The van der Waals surface area contributed by atoms with Crippen molar-refractivity contribution in [3.8, 4) is 56.6 Å². The van der Waals surface area contributed by atoms with Gasteiger partial charge in [-0.15, -0.1) is 0 Å². The van der Waals surface area contributed by atoms with E-state index in [0.717, 1.165) is 27.8 Å². The predicted molar refractivity (Wildman–Crippen MR) is 187 cm³/mol. The van der Waals surface area contributed by atoms with Gasteiger partial charge >= 0.3 is 0 Å². The summed E-state index contributed by atoms with van der Waals surface area (Å²) in [6.45, 7) is 2.24. The standard InChI is InChI=1S/C24H23N.C19H13N/c1-2-3-4-5-19-6-10-21(11-7-19)23-14-16-24(17-15-23)22-12-8-20(18-25)9-13-22;20-14-16-10-4-5-12-18(16)19-13-7-6-11-17(19)15-8-2-1-3-9-15/h6-17H,2-5H2,1H3;1-13H. The van der Waals surface area contributed by atoms with Crippen LogP contribution in [0.25, 0.3) is 44.5 Å². The van der Waals surface area contributed by atoms with Gasteiger partial charge in [-0.2, -0.15) is 10.5 Å². The molecule has 0 fully saturated rings. The van der Waals surface area contributed by atoms with Crippen LogP contribution >= 0.6 is 0 Å². The molecule has 0 spiro atoms. The van der Waals surface area contributed by atoms with Crippen molar-refractivity contribution >= 4 is 0 Å². The third-order valence-electron chi connectivity index (χ3n) is 7.94. The van der Waals surface area contributed by atoms with Gasteiger partial charge in [-0.25, -0.2) is 0 Å². The molecule has 6 aromatic rings. The zero-order valence-electron chi connectivity index (χ0n) is 25.7. The van der Waals surface area contributed by atoms with Crippen molar-refractivity contribution in [2.45, 2.75) is 32.6 Å². The van der Waals surface area contributed by atoms with Gasteiger partial charge in [-0.05, 0) is 75.5 Å². The topological polar surface area (TPSA) is 47.6 Å². The van der Waals surface area contributed by atoms with Crippen LogP contribution in [0.2, 0.25) is 0 Å². The monoisotopic (exact) mass is 580 g/mol. The number of unbranched alkanes of at least 4 members (excludes halogenated alkanes) is 2. The molecular weight excluding hydrogens is 544 g/mol. The number of nitriles is 2. The van der Waals surface area contributed by atoms with Gasteiger partial charge in [0.05, 0.1) is 23.3 Å². The Morgan fingerprint density at radius 1 is 0.422 bits per heavy atom. The number of hydrogen-bond acceptors (Lipinski definition) is 2. The van der Waals surface area contributed by atoms with Crippen molar-refractivity contribution in [2.75, 3.05) is 0 Å². The summed E-state index contributed by atoms with van der Waals surface area (Å²) < 4.78 is 0. The molecule has 0 N–H and O–H groups in total. The summed E-state index contributed by atoms with van der Waals surface area (Å²) in [6.07, 6.45) is 5.02. The van der Waals surface area contributed by atoms with Crippen molar-refractivity contribution < 1.29 is 0 Å². The largest absolute Gasteiger partial charge is 0.192 e. The second kappa shape index (κ2) is 15.7. The lowest BCUT2D eigenvalue weighted by molar-refractivity contribution is 0.717. The first-order valence-electron chi connectivity index (χ1n) is 15.5. The molecule has 0 heterocycles. The van der Waals surface area contributed by atoms with Crippen LogP contribution in [-0.4, -0.2) is 0 Å². The first-order chi connectivity index (χ1) is 22.2. The van der Waals surface area contributed by atoms with Crippen molar-refractivity contribution in [1.29, 1.82) is 10.5 Å². The lowest BCUT2D eigenvalue weighted by Crippen LogP contribution is -1.88. The maximum absolute atomic E-state index is 9.29. The van der Waals surface area contributed by atoms with Gasteiger partial charge in [0.2, 0.25) is 0 Å². The minimum absolute atomic E-state index is 0.694. The highest BCUT2D eigenvalue weighted by atomic mass is 14.2. The summed E-state index contributed by atoms with van der Waals surface area (Å²) >= 11 is 0. The third-order valence-corrected chi connectivity index (χ3v) is 7.94. The average Bonchev–Trinajstić information content (AvgIpc) is 3.13. The van der Waals surface area contributed by atoms with Gasteiger partial charge in [0, 0.05) is 5.56 Å². The fourth-order valence-electron chi connectivity index (χ4n) is 5.44. The fraction of sp³-hybridized carbons (Fsp3) is 0.116. The Labute approximate surface area is 267 Å². The van der Waals surface area contributed by atoms with E-state index in [-0.39, 0.29) is 0 Å². The van der Waals surface area contributed by atoms with Gasteiger partial charge in [-0.3, -0.25) is 0 Å². The van der Waals surface area contributed by atoms with Crippen LogP contribution in [0.15, 0.2) is 152 Å². The normalized spacial score (nSPS) is 10.2. The smallest absolute Gasteiger partial charge is 0.0998 e. The number of rotatable bonds is 8. The van der Waals surface area contributed by atoms with Crippen molar-refractivity contribution in [3.63, 3.8) is 0 Å². The van der Waals surface area contributed by atoms with E-state index < -0.39 is 0 Å². The SMILES string of the molecule is CCCCCc1ccc(-c2ccc(-c3ccc(C#N)cc3)cc2)cc1.N#Cc1ccccc1-c1ccccc1-c1ccccc1. The highest BCUT2D eigenvalue weighted by molar-refractivity contribution is 5.85. The highest BCUT2D eigenvalue weighted by Crippen LogP contribution is 2.33. The van der Waals surface area contributed by atoms with Crippen LogP contribution in [0.1, 0.15) is 42.9 Å². The van der Waals surface area contributed by atoms with E-state index in [2.05, 4.69) is 91.9 Å². The summed E-state index contributed by atoms with van der Waals surface area (Å²) in [5.41, 5.74) is 12.0. The van der Waals surface area contributed by atoms with E-state index in [1.54, 1.807) is 0 Å². The molecule has 0 aliphatic carbocycles. The van der Waals surface area contributed by atoms with Crippen molar-refractivity contribution in [2.24, 2.45) is 0 Å². The Bertz CT molecular complexity index is 1890. The Balaban J connectivity index is 0.000000182. The summed E-state index contributed by atoms with van der Waals surface area (Å²) in [4.78, 5) is 0. The summed E-state index contributed by atoms with van der Waals surface area (Å²) in [6, 6.07) is 55.9. The molecule has 0 saturated carbocycles. The molecule has 0 radical (unpaired) electrons. The van der Waals surface area contributed by atoms with E-state index in [0.29, 0.717) is 11.1 Å². The summed E-state index contributed by atoms with van der Waals surface area (Å²) in [7, 11) is 0. The third kappa shape index (κ3) is 8.03. The zero-order valence-corrected chi connectivity index (χ0v) is 25.7. The molecule has 0 aliphatic heterocycles. The van der Waals surface area contributed by atoms with Crippen molar-refractivity contribution in [3.05, 3.63) is 168 Å². The van der Waals surface area contributed by atoms with Crippen LogP contribution in [-0.2, 0) is 6.42 Å². The molecule has 2 heteroatoms. The first-order valence-corrected chi connectivity index (χ1v) is 15.5. The minimum atomic E-state index is 0.694.